The Bertz CT molecular complexity index is 881. The second kappa shape index (κ2) is 11.2. The van der Waals surface area contributed by atoms with E-state index < -0.39 is 5.97 Å². The van der Waals surface area contributed by atoms with Gasteiger partial charge in [-0.25, -0.2) is 4.79 Å². The fourth-order valence-corrected chi connectivity index (χ4v) is 4.22. The summed E-state index contributed by atoms with van der Waals surface area (Å²) in [5.41, 5.74) is 1.27. The number of rotatable bonds is 9. The lowest BCUT2D eigenvalue weighted by Crippen LogP contribution is -2.15. The quantitative estimate of drug-likeness (QED) is 0.400. The number of carbonyl (C=O) groups excluding carboxylic acids is 3. The summed E-state index contributed by atoms with van der Waals surface area (Å²) < 4.78 is 5.12. The van der Waals surface area contributed by atoms with Crippen molar-refractivity contribution in [3.63, 3.8) is 0 Å². The highest BCUT2D eigenvalue weighted by Gasteiger charge is 2.26. The molecule has 0 aliphatic heterocycles. The van der Waals surface area contributed by atoms with Gasteiger partial charge in [-0.1, -0.05) is 11.6 Å². The molecule has 0 atom stereocenters. The monoisotopic (exact) mass is 454 g/mol. The molecule has 156 valence electrons. The lowest BCUT2D eigenvalue weighted by molar-refractivity contribution is -0.116. The Kier molecular flexibility index (Phi) is 9.00. The molecule has 1 heterocycles. The van der Waals surface area contributed by atoms with Crippen LogP contribution in [-0.2, 0) is 9.53 Å². The summed E-state index contributed by atoms with van der Waals surface area (Å²) in [4.78, 5) is 37.8. The average Bonchev–Trinajstić information content (AvgIpc) is 3.00. The molecule has 2 N–H and O–H groups in total. The fourth-order valence-electron chi connectivity index (χ4n) is 2.55. The number of hydrogen-bond acceptors (Lipinski definition) is 6. The van der Waals surface area contributed by atoms with Gasteiger partial charge in [0, 0.05) is 17.1 Å². The second-order valence-electron chi connectivity index (χ2n) is 6.09. The van der Waals surface area contributed by atoms with E-state index in [-0.39, 0.29) is 24.0 Å². The van der Waals surface area contributed by atoms with Crippen LogP contribution in [0.1, 0.15) is 45.4 Å². The van der Waals surface area contributed by atoms with Crippen molar-refractivity contribution in [1.82, 2.24) is 0 Å². The number of thiophene rings is 1. The van der Waals surface area contributed by atoms with Crippen LogP contribution in [-0.4, -0.2) is 36.4 Å². The molecule has 1 aromatic carbocycles. The summed E-state index contributed by atoms with van der Waals surface area (Å²) in [6.07, 6.45) is 3.05. The Balaban J connectivity index is 2.27. The number of halogens is 1. The minimum absolute atomic E-state index is 0.196. The molecule has 6 nitrogen and oxygen atoms in total. The van der Waals surface area contributed by atoms with Gasteiger partial charge in [0.2, 0.25) is 5.91 Å². The molecular formula is C20H23ClN2O4S2. The summed E-state index contributed by atoms with van der Waals surface area (Å²) in [7, 11) is 0. The van der Waals surface area contributed by atoms with E-state index in [1.54, 1.807) is 49.9 Å². The summed E-state index contributed by atoms with van der Waals surface area (Å²) in [5, 5.41) is 6.44. The summed E-state index contributed by atoms with van der Waals surface area (Å²) in [6, 6.07) is 6.71. The van der Waals surface area contributed by atoms with Crippen molar-refractivity contribution in [2.45, 2.75) is 26.7 Å². The molecule has 1 aromatic heterocycles. The minimum Gasteiger partial charge on any atom is -0.462 e. The minimum atomic E-state index is -0.564. The second-order valence-corrected chi connectivity index (χ2v) is 8.53. The van der Waals surface area contributed by atoms with Gasteiger partial charge in [0.15, 0.2) is 0 Å². The van der Waals surface area contributed by atoms with Gasteiger partial charge < -0.3 is 15.4 Å². The van der Waals surface area contributed by atoms with Gasteiger partial charge in [-0.3, -0.25) is 9.59 Å². The van der Waals surface area contributed by atoms with Gasteiger partial charge in [0.1, 0.15) is 5.00 Å². The molecule has 9 heteroatoms. The smallest absolute Gasteiger partial charge is 0.341 e. The Hall–Kier alpha value is -2.03. The van der Waals surface area contributed by atoms with Gasteiger partial charge in [-0.05, 0) is 62.1 Å². The van der Waals surface area contributed by atoms with Crippen LogP contribution in [0.25, 0.3) is 0 Å². The first-order chi connectivity index (χ1) is 13.9. The highest BCUT2D eigenvalue weighted by Crippen LogP contribution is 2.34. The van der Waals surface area contributed by atoms with Crippen LogP contribution >= 0.6 is 34.7 Å². The van der Waals surface area contributed by atoms with Gasteiger partial charge in [0.05, 0.1) is 17.0 Å². The van der Waals surface area contributed by atoms with Crippen molar-refractivity contribution in [2.75, 3.05) is 29.2 Å². The van der Waals surface area contributed by atoms with Crippen molar-refractivity contribution in [2.24, 2.45) is 0 Å². The van der Waals surface area contributed by atoms with Crippen molar-refractivity contribution in [3.8, 4) is 0 Å². The van der Waals surface area contributed by atoms with Crippen LogP contribution in [0.2, 0.25) is 5.02 Å². The van der Waals surface area contributed by atoms with Gasteiger partial charge >= 0.3 is 5.97 Å². The molecule has 0 fully saturated rings. The number of nitrogens with one attached hydrogen (secondary N) is 2. The molecule has 0 radical (unpaired) electrons. The third kappa shape index (κ3) is 6.48. The maximum absolute atomic E-state index is 12.8. The van der Waals surface area contributed by atoms with E-state index in [0.717, 1.165) is 23.5 Å². The number of amides is 2. The maximum atomic E-state index is 12.8. The Labute approximate surface area is 183 Å². The number of benzene rings is 1. The molecular weight excluding hydrogens is 432 g/mol. The lowest BCUT2D eigenvalue weighted by Gasteiger charge is -2.07. The van der Waals surface area contributed by atoms with Crippen molar-refractivity contribution in [3.05, 3.63) is 45.3 Å². The summed E-state index contributed by atoms with van der Waals surface area (Å²) >= 11 is 8.60. The Morgan fingerprint density at radius 1 is 1.17 bits per heavy atom. The number of esters is 1. The molecule has 0 saturated heterocycles. The predicted molar refractivity (Wildman–Crippen MR) is 121 cm³/mol. The predicted octanol–water partition coefficient (Wildman–Crippen LogP) is 5.22. The van der Waals surface area contributed by atoms with Crippen LogP contribution in [0.15, 0.2) is 24.3 Å². The number of hydrogen-bond donors (Lipinski definition) is 2. The van der Waals surface area contributed by atoms with Gasteiger partial charge in [-0.15, -0.1) is 11.3 Å². The van der Waals surface area contributed by atoms with Crippen LogP contribution in [0.5, 0.6) is 0 Å². The standard InChI is InChI=1S/C20H23ClN2O4S2/c1-4-27-20(26)16-12(2)17(18(25)22-14-9-7-13(21)8-10-14)29-19(16)23-15(24)6-5-11-28-3/h7-10H,4-6,11H2,1-3H3,(H,22,25)(H,23,24). The third-order valence-corrected chi connectivity index (χ3v) is 6.09. The number of thioether (sulfide) groups is 1. The molecule has 2 rings (SSSR count). The lowest BCUT2D eigenvalue weighted by atomic mass is 10.1. The van der Waals surface area contributed by atoms with E-state index in [2.05, 4.69) is 10.6 Å². The first kappa shape index (κ1) is 23.3. The zero-order valence-corrected chi connectivity index (χ0v) is 18.9. The van der Waals surface area contributed by atoms with E-state index in [1.807, 2.05) is 6.26 Å². The van der Waals surface area contributed by atoms with Crippen LogP contribution in [0, 0.1) is 6.92 Å². The summed E-state index contributed by atoms with van der Waals surface area (Å²) in [6.45, 7) is 3.57. The average molecular weight is 455 g/mol. The molecule has 2 amide bonds. The zero-order chi connectivity index (χ0) is 21.4. The van der Waals surface area contributed by atoms with Gasteiger partial charge in [-0.2, -0.15) is 11.8 Å². The summed E-state index contributed by atoms with van der Waals surface area (Å²) in [5.74, 6) is -0.263. The van der Waals surface area contributed by atoms with Crippen molar-refractivity contribution in [1.29, 1.82) is 0 Å². The fraction of sp³-hybridized carbons (Fsp3) is 0.350. The number of anilines is 2. The molecule has 2 aromatic rings. The van der Waals surface area contributed by atoms with Gasteiger partial charge in [0.25, 0.3) is 5.91 Å². The van der Waals surface area contributed by atoms with Crippen LogP contribution in [0.4, 0.5) is 10.7 Å². The SMILES string of the molecule is CCOC(=O)c1c(NC(=O)CCCSC)sc(C(=O)Nc2ccc(Cl)cc2)c1C. The first-order valence-electron chi connectivity index (χ1n) is 9.03. The van der Waals surface area contributed by atoms with E-state index in [4.69, 9.17) is 16.3 Å². The molecule has 29 heavy (non-hydrogen) atoms. The Morgan fingerprint density at radius 2 is 1.86 bits per heavy atom. The van der Waals surface area contributed by atoms with Crippen LogP contribution < -0.4 is 10.6 Å². The maximum Gasteiger partial charge on any atom is 0.341 e. The number of ether oxygens (including phenoxy) is 1. The zero-order valence-electron chi connectivity index (χ0n) is 16.5. The molecule has 0 bridgehead atoms. The number of carbonyl (C=O) groups is 3. The van der Waals surface area contributed by atoms with Crippen LogP contribution in [0.3, 0.4) is 0 Å². The van der Waals surface area contributed by atoms with E-state index in [9.17, 15) is 14.4 Å². The Morgan fingerprint density at radius 3 is 2.48 bits per heavy atom. The van der Waals surface area contributed by atoms with E-state index in [1.165, 1.54) is 0 Å². The largest absolute Gasteiger partial charge is 0.462 e. The van der Waals surface area contributed by atoms with E-state index >= 15 is 0 Å². The third-order valence-electron chi connectivity index (χ3n) is 3.94. The highest BCUT2D eigenvalue weighted by molar-refractivity contribution is 7.98. The molecule has 0 spiro atoms. The molecule has 0 unspecified atom stereocenters. The topological polar surface area (TPSA) is 84.5 Å². The molecule has 0 saturated carbocycles. The van der Waals surface area contributed by atoms with E-state index in [0.29, 0.717) is 32.6 Å². The van der Waals surface area contributed by atoms with Crippen molar-refractivity contribution < 1.29 is 19.1 Å². The first-order valence-corrected chi connectivity index (χ1v) is 11.6. The van der Waals surface area contributed by atoms with Crippen molar-refractivity contribution >= 4 is 63.2 Å². The normalized spacial score (nSPS) is 10.5. The molecule has 0 aliphatic rings. The molecule has 0 aliphatic carbocycles. The highest BCUT2D eigenvalue weighted by atomic mass is 35.5.